The minimum absolute atomic E-state index is 0.827. The molecule has 0 aliphatic carbocycles. The minimum atomic E-state index is 0.827. The molecule has 3 aromatic rings. The van der Waals surface area contributed by atoms with Gasteiger partial charge < -0.3 is 5.32 Å². The molecule has 0 amide bonds. The molecule has 0 aliphatic heterocycles. The summed E-state index contributed by atoms with van der Waals surface area (Å²) in [5.74, 6) is 0. The third kappa shape index (κ3) is 2.88. The highest BCUT2D eigenvalue weighted by molar-refractivity contribution is 5.65. The summed E-state index contributed by atoms with van der Waals surface area (Å²) in [5.41, 5.74) is 4.64. The van der Waals surface area contributed by atoms with Crippen molar-refractivity contribution < 1.29 is 0 Å². The number of aromatic nitrogens is 2. The zero-order valence-corrected chi connectivity index (χ0v) is 12.2. The lowest BCUT2D eigenvalue weighted by Crippen LogP contribution is -2.12. The fraction of sp³-hybridized carbons (Fsp3) is 0.167. The summed E-state index contributed by atoms with van der Waals surface area (Å²) in [5, 5.41) is 7.98. The molecule has 21 heavy (non-hydrogen) atoms. The van der Waals surface area contributed by atoms with Crippen LogP contribution in [-0.4, -0.2) is 16.3 Å². The van der Waals surface area contributed by atoms with Crippen molar-refractivity contribution in [2.75, 3.05) is 6.54 Å². The third-order valence-electron chi connectivity index (χ3n) is 3.46. The molecule has 0 unspecified atom stereocenters. The van der Waals surface area contributed by atoms with Crippen molar-refractivity contribution in [3.63, 3.8) is 0 Å². The first-order valence-electron chi connectivity index (χ1n) is 7.28. The van der Waals surface area contributed by atoms with E-state index in [1.165, 1.54) is 11.1 Å². The van der Waals surface area contributed by atoms with Crippen molar-refractivity contribution in [2.45, 2.75) is 13.5 Å². The fourth-order valence-corrected chi connectivity index (χ4v) is 2.44. The lowest BCUT2D eigenvalue weighted by Gasteiger charge is -2.10. The van der Waals surface area contributed by atoms with Crippen molar-refractivity contribution in [3.8, 4) is 16.9 Å². The van der Waals surface area contributed by atoms with Crippen molar-refractivity contribution in [2.24, 2.45) is 0 Å². The Hall–Kier alpha value is -2.39. The molecule has 0 aliphatic rings. The van der Waals surface area contributed by atoms with Crippen LogP contribution in [0.2, 0.25) is 0 Å². The van der Waals surface area contributed by atoms with Gasteiger partial charge in [0, 0.05) is 17.7 Å². The number of nitrogens with zero attached hydrogens (tertiary/aromatic N) is 2. The number of para-hydroxylation sites is 1. The van der Waals surface area contributed by atoms with Gasteiger partial charge in [0.25, 0.3) is 0 Å². The molecular weight excluding hydrogens is 258 g/mol. The predicted octanol–water partition coefficient (Wildman–Crippen LogP) is 3.65. The number of hydrogen-bond donors (Lipinski definition) is 1. The smallest absolute Gasteiger partial charge is 0.0785 e. The van der Waals surface area contributed by atoms with E-state index in [2.05, 4.69) is 53.7 Å². The molecule has 1 heterocycles. The standard InChI is InChI=1S/C18H19N3/c1-2-19-13-16-14-20-21(17-11-7-4-8-12-17)18(16)15-9-5-3-6-10-15/h3-12,14,19H,2,13H2,1H3. The Kier molecular flexibility index (Phi) is 4.12. The van der Waals surface area contributed by atoms with Gasteiger partial charge in [-0.05, 0) is 18.7 Å². The van der Waals surface area contributed by atoms with E-state index in [9.17, 15) is 0 Å². The first-order valence-corrected chi connectivity index (χ1v) is 7.28. The van der Waals surface area contributed by atoms with Gasteiger partial charge in [-0.15, -0.1) is 0 Å². The largest absolute Gasteiger partial charge is 0.313 e. The highest BCUT2D eigenvalue weighted by atomic mass is 15.3. The topological polar surface area (TPSA) is 29.9 Å². The second-order valence-corrected chi connectivity index (χ2v) is 4.91. The van der Waals surface area contributed by atoms with E-state index in [1.807, 2.05) is 35.1 Å². The summed E-state index contributed by atoms with van der Waals surface area (Å²) in [4.78, 5) is 0. The van der Waals surface area contributed by atoms with Crippen LogP contribution in [-0.2, 0) is 6.54 Å². The maximum Gasteiger partial charge on any atom is 0.0785 e. The Morgan fingerprint density at radius 2 is 1.62 bits per heavy atom. The van der Waals surface area contributed by atoms with Crippen LogP contribution in [0.3, 0.4) is 0 Å². The highest BCUT2D eigenvalue weighted by Gasteiger charge is 2.13. The molecule has 3 nitrogen and oxygen atoms in total. The van der Waals surface area contributed by atoms with Gasteiger partial charge in [0.1, 0.15) is 0 Å². The van der Waals surface area contributed by atoms with E-state index < -0.39 is 0 Å². The molecule has 1 N–H and O–H groups in total. The Morgan fingerprint density at radius 3 is 2.29 bits per heavy atom. The molecule has 0 fully saturated rings. The Morgan fingerprint density at radius 1 is 0.952 bits per heavy atom. The summed E-state index contributed by atoms with van der Waals surface area (Å²) in [6.45, 7) is 3.89. The van der Waals surface area contributed by atoms with E-state index in [1.54, 1.807) is 0 Å². The quantitative estimate of drug-likeness (QED) is 0.771. The van der Waals surface area contributed by atoms with Crippen molar-refractivity contribution in [1.82, 2.24) is 15.1 Å². The molecular formula is C18H19N3. The molecule has 0 spiro atoms. The average molecular weight is 277 g/mol. The molecule has 0 radical (unpaired) electrons. The number of nitrogens with one attached hydrogen (secondary N) is 1. The highest BCUT2D eigenvalue weighted by Crippen LogP contribution is 2.26. The maximum absolute atomic E-state index is 4.59. The predicted molar refractivity (Wildman–Crippen MR) is 86.4 cm³/mol. The van der Waals surface area contributed by atoms with E-state index in [4.69, 9.17) is 0 Å². The first-order chi connectivity index (χ1) is 10.4. The van der Waals surface area contributed by atoms with Gasteiger partial charge in [0.2, 0.25) is 0 Å². The maximum atomic E-state index is 4.59. The molecule has 0 saturated heterocycles. The monoisotopic (exact) mass is 277 g/mol. The Labute approximate surface area is 125 Å². The van der Waals surface area contributed by atoms with Crippen LogP contribution in [0.25, 0.3) is 16.9 Å². The Bertz CT molecular complexity index is 687. The van der Waals surface area contributed by atoms with Crippen LogP contribution in [0.1, 0.15) is 12.5 Å². The molecule has 0 bridgehead atoms. The summed E-state index contributed by atoms with van der Waals surface area (Å²) in [6.07, 6.45) is 1.96. The van der Waals surface area contributed by atoms with Crippen LogP contribution >= 0.6 is 0 Å². The molecule has 0 atom stereocenters. The van der Waals surface area contributed by atoms with Gasteiger partial charge in [-0.25, -0.2) is 4.68 Å². The fourth-order valence-electron chi connectivity index (χ4n) is 2.44. The van der Waals surface area contributed by atoms with Gasteiger partial charge in [0.15, 0.2) is 0 Å². The van der Waals surface area contributed by atoms with Gasteiger partial charge in [-0.1, -0.05) is 55.5 Å². The van der Waals surface area contributed by atoms with Crippen molar-refractivity contribution in [3.05, 3.63) is 72.4 Å². The van der Waals surface area contributed by atoms with Crippen LogP contribution in [0.15, 0.2) is 66.9 Å². The second-order valence-electron chi connectivity index (χ2n) is 4.91. The molecule has 1 aromatic heterocycles. The van der Waals surface area contributed by atoms with E-state index in [0.717, 1.165) is 24.5 Å². The van der Waals surface area contributed by atoms with E-state index >= 15 is 0 Å². The van der Waals surface area contributed by atoms with Crippen LogP contribution < -0.4 is 5.32 Å². The summed E-state index contributed by atoms with van der Waals surface area (Å²) in [6, 6.07) is 20.7. The van der Waals surface area contributed by atoms with Gasteiger partial charge in [-0.2, -0.15) is 5.10 Å². The van der Waals surface area contributed by atoms with Crippen LogP contribution in [0.5, 0.6) is 0 Å². The zero-order chi connectivity index (χ0) is 14.5. The van der Waals surface area contributed by atoms with Gasteiger partial charge >= 0.3 is 0 Å². The van der Waals surface area contributed by atoms with Crippen molar-refractivity contribution >= 4 is 0 Å². The van der Waals surface area contributed by atoms with E-state index in [-0.39, 0.29) is 0 Å². The molecule has 3 rings (SSSR count). The van der Waals surface area contributed by atoms with Crippen LogP contribution in [0, 0.1) is 0 Å². The summed E-state index contributed by atoms with van der Waals surface area (Å²) in [7, 11) is 0. The molecule has 106 valence electrons. The summed E-state index contributed by atoms with van der Waals surface area (Å²) < 4.78 is 2.02. The van der Waals surface area contributed by atoms with Gasteiger partial charge in [-0.3, -0.25) is 0 Å². The second kappa shape index (κ2) is 6.37. The lowest BCUT2D eigenvalue weighted by molar-refractivity contribution is 0.728. The Balaban J connectivity index is 2.11. The first kappa shape index (κ1) is 13.6. The lowest BCUT2D eigenvalue weighted by atomic mass is 10.1. The zero-order valence-electron chi connectivity index (χ0n) is 12.2. The molecule has 3 heteroatoms. The number of rotatable bonds is 5. The van der Waals surface area contributed by atoms with Crippen molar-refractivity contribution in [1.29, 1.82) is 0 Å². The number of benzene rings is 2. The molecule has 2 aromatic carbocycles. The SMILES string of the molecule is CCNCc1cnn(-c2ccccc2)c1-c1ccccc1. The van der Waals surface area contributed by atoms with Crippen LogP contribution in [0.4, 0.5) is 0 Å². The minimum Gasteiger partial charge on any atom is -0.313 e. The normalized spacial score (nSPS) is 10.7. The third-order valence-corrected chi connectivity index (χ3v) is 3.46. The molecule has 0 saturated carbocycles. The van der Waals surface area contributed by atoms with E-state index in [0.29, 0.717) is 0 Å². The summed E-state index contributed by atoms with van der Waals surface area (Å²) >= 11 is 0. The average Bonchev–Trinajstić information content (AvgIpc) is 2.98. The number of hydrogen-bond acceptors (Lipinski definition) is 2. The van der Waals surface area contributed by atoms with Gasteiger partial charge in [0.05, 0.1) is 17.6 Å².